The Morgan fingerprint density at radius 3 is 1.95 bits per heavy atom. The van der Waals surface area contributed by atoms with Crippen LogP contribution < -0.4 is 0 Å². The summed E-state index contributed by atoms with van der Waals surface area (Å²) in [4.78, 5) is 0. The van der Waals surface area contributed by atoms with Crippen molar-refractivity contribution in [1.29, 1.82) is 5.26 Å². The maximum absolute atomic E-state index is 12.5. The van der Waals surface area contributed by atoms with Crippen molar-refractivity contribution in [2.24, 2.45) is 5.92 Å². The van der Waals surface area contributed by atoms with E-state index in [9.17, 15) is 30.0 Å². The molecule has 1 fully saturated rings. The molecule has 1 aliphatic carbocycles. The Morgan fingerprint density at radius 2 is 1.62 bits per heavy atom. The number of halogens is 3. The van der Waals surface area contributed by atoms with Gasteiger partial charge in [-0.05, 0) is 31.6 Å². The molecule has 0 saturated heterocycles. The summed E-state index contributed by atoms with van der Waals surface area (Å²) in [6.07, 6.45) is 2.43. The van der Waals surface area contributed by atoms with E-state index in [1.165, 1.54) is 0 Å². The van der Waals surface area contributed by atoms with Crippen molar-refractivity contribution in [3.8, 4) is 6.07 Å². The number of nitriles is 1. The largest absolute Gasteiger partial charge is 0.499 e. The topological polar surface area (TPSA) is 92.1 Å². The molecule has 10 heteroatoms. The quantitative estimate of drug-likeness (QED) is 0.726. The number of rotatable bonds is 4. The second kappa shape index (κ2) is 5.96. The molecule has 0 N–H and O–H groups in total. The van der Waals surface area contributed by atoms with E-state index in [1.807, 2.05) is 0 Å². The monoisotopic (exact) mass is 345 g/mol. The molecular formula is C11H14F3NO4S2. The van der Waals surface area contributed by atoms with Crippen LogP contribution in [0.4, 0.5) is 13.2 Å². The van der Waals surface area contributed by atoms with Gasteiger partial charge in [-0.15, -0.1) is 6.58 Å². The smallest absolute Gasteiger partial charge is 0.226 e. The molecule has 0 heterocycles. The van der Waals surface area contributed by atoms with E-state index >= 15 is 0 Å². The predicted octanol–water partition coefficient (Wildman–Crippen LogP) is 1.93. The van der Waals surface area contributed by atoms with E-state index in [0.29, 0.717) is 12.8 Å². The molecule has 0 aromatic carbocycles. The Hall–Kier alpha value is -1.08. The lowest BCUT2D eigenvalue weighted by molar-refractivity contribution is -0.0435. The second-order valence-corrected chi connectivity index (χ2v) is 9.45. The van der Waals surface area contributed by atoms with Gasteiger partial charge in [0.1, 0.15) is 0 Å². The van der Waals surface area contributed by atoms with Crippen LogP contribution >= 0.6 is 0 Å². The van der Waals surface area contributed by atoms with Crippen LogP contribution in [0.5, 0.6) is 0 Å². The maximum atomic E-state index is 12.5. The highest BCUT2D eigenvalue weighted by Crippen LogP contribution is 2.35. The molecule has 1 aliphatic rings. The van der Waals surface area contributed by atoms with Gasteiger partial charge in [-0.1, -0.05) is 6.08 Å². The number of sulfone groups is 2. The lowest BCUT2D eigenvalue weighted by Crippen LogP contribution is -2.43. The highest BCUT2D eigenvalue weighted by Gasteiger charge is 2.57. The third-order valence-electron chi connectivity index (χ3n) is 3.53. The molecule has 0 bridgehead atoms. The van der Waals surface area contributed by atoms with Crippen LogP contribution in [0.15, 0.2) is 12.7 Å². The van der Waals surface area contributed by atoms with Crippen LogP contribution in [-0.2, 0) is 19.7 Å². The molecule has 0 spiro atoms. The zero-order valence-corrected chi connectivity index (χ0v) is 12.5. The summed E-state index contributed by atoms with van der Waals surface area (Å²) >= 11 is 0. The standard InChI is InChI=1S/C11H14F3NO4S2/c1-2-8-3-5-9(6-4-8)20(16,17)10(7-15)21(18,19)11(12,13)14/h2,8-10H,1,3-6H2. The summed E-state index contributed by atoms with van der Waals surface area (Å²) in [6, 6.07) is 0.796. The first kappa shape index (κ1) is 18.0. The Kier molecular flexibility index (Phi) is 5.10. The van der Waals surface area contributed by atoms with Crippen molar-refractivity contribution in [2.75, 3.05) is 0 Å². The van der Waals surface area contributed by atoms with Gasteiger partial charge in [0.25, 0.3) is 14.4 Å². The lowest BCUT2D eigenvalue weighted by Gasteiger charge is -2.27. The molecule has 1 unspecified atom stereocenters. The lowest BCUT2D eigenvalue weighted by atomic mass is 9.89. The van der Waals surface area contributed by atoms with Gasteiger partial charge in [-0.3, -0.25) is 0 Å². The van der Waals surface area contributed by atoms with Crippen molar-refractivity contribution < 1.29 is 30.0 Å². The molecule has 1 atom stereocenters. The van der Waals surface area contributed by atoms with Crippen molar-refractivity contribution in [2.45, 2.75) is 41.0 Å². The average molecular weight is 345 g/mol. The number of nitrogens with zero attached hydrogens (tertiary/aromatic N) is 1. The van der Waals surface area contributed by atoms with Crippen molar-refractivity contribution in [3.63, 3.8) is 0 Å². The SMILES string of the molecule is C=CC1CCC(S(=O)(=O)C(C#N)S(=O)(=O)C(F)(F)F)CC1. The Morgan fingerprint density at radius 1 is 1.14 bits per heavy atom. The highest BCUT2D eigenvalue weighted by molar-refractivity contribution is 8.10. The molecule has 0 radical (unpaired) electrons. The number of alkyl halides is 3. The second-order valence-electron chi connectivity index (χ2n) is 4.81. The predicted molar refractivity (Wildman–Crippen MR) is 69.2 cm³/mol. The molecule has 1 rings (SSSR count). The van der Waals surface area contributed by atoms with E-state index in [2.05, 4.69) is 6.58 Å². The third kappa shape index (κ3) is 3.40. The van der Waals surface area contributed by atoms with Gasteiger partial charge in [0.05, 0.1) is 11.3 Å². The van der Waals surface area contributed by atoms with Gasteiger partial charge in [0.2, 0.25) is 0 Å². The summed E-state index contributed by atoms with van der Waals surface area (Å²) in [5.41, 5.74) is -5.78. The molecule has 0 amide bonds. The molecule has 0 aromatic rings. The van der Waals surface area contributed by atoms with Crippen molar-refractivity contribution >= 4 is 19.7 Å². The van der Waals surface area contributed by atoms with Crippen LogP contribution in [0, 0.1) is 17.2 Å². The normalized spacial score (nSPS) is 25.8. The molecular weight excluding hydrogens is 331 g/mol. The fraction of sp³-hybridized carbons (Fsp3) is 0.727. The van der Waals surface area contributed by atoms with E-state index in [1.54, 1.807) is 6.08 Å². The highest BCUT2D eigenvalue weighted by atomic mass is 32.3. The molecule has 0 aliphatic heterocycles. The summed E-state index contributed by atoms with van der Waals surface area (Å²) in [5, 5.41) is 7.41. The van der Waals surface area contributed by atoms with E-state index in [0.717, 1.165) is 6.07 Å². The minimum Gasteiger partial charge on any atom is -0.226 e. The van der Waals surface area contributed by atoms with E-state index in [4.69, 9.17) is 5.26 Å². The first-order valence-electron chi connectivity index (χ1n) is 6.03. The number of hydrogen-bond acceptors (Lipinski definition) is 5. The van der Waals surface area contributed by atoms with Crippen molar-refractivity contribution in [1.82, 2.24) is 0 Å². The maximum Gasteiger partial charge on any atom is 0.499 e. The van der Waals surface area contributed by atoms with Crippen LogP contribution in [-0.4, -0.2) is 32.2 Å². The summed E-state index contributed by atoms with van der Waals surface area (Å²) in [7, 11) is -10.8. The number of allylic oxidation sites excluding steroid dienone is 1. The molecule has 5 nitrogen and oxygen atoms in total. The first-order chi connectivity index (χ1) is 9.48. The summed E-state index contributed by atoms with van der Waals surface area (Å²) < 4.78 is 81.0. The van der Waals surface area contributed by atoms with Crippen LogP contribution in [0.25, 0.3) is 0 Å². The van der Waals surface area contributed by atoms with Gasteiger partial charge in [-0.2, -0.15) is 18.4 Å². The Bertz CT molecular complexity index is 638. The first-order valence-corrected chi connectivity index (χ1v) is 9.19. The van der Waals surface area contributed by atoms with Gasteiger partial charge >= 0.3 is 5.51 Å². The summed E-state index contributed by atoms with van der Waals surface area (Å²) in [5.74, 6) is 0.0520. The fourth-order valence-corrected chi connectivity index (χ4v) is 6.29. The van der Waals surface area contributed by atoms with Gasteiger partial charge in [-0.25, -0.2) is 16.8 Å². The van der Waals surface area contributed by atoms with Gasteiger partial charge in [0, 0.05) is 0 Å². The van der Waals surface area contributed by atoms with Crippen LogP contribution in [0.2, 0.25) is 0 Å². The van der Waals surface area contributed by atoms with Gasteiger partial charge < -0.3 is 0 Å². The average Bonchev–Trinajstić information content (AvgIpc) is 2.37. The zero-order chi connectivity index (χ0) is 16.5. The molecule has 0 aromatic heterocycles. The van der Waals surface area contributed by atoms with Crippen molar-refractivity contribution in [3.05, 3.63) is 12.7 Å². The number of hydrogen-bond donors (Lipinski definition) is 0. The fourth-order valence-electron chi connectivity index (χ4n) is 2.27. The van der Waals surface area contributed by atoms with Gasteiger partial charge in [0.15, 0.2) is 9.84 Å². The zero-order valence-electron chi connectivity index (χ0n) is 10.9. The Balaban J connectivity index is 3.12. The van der Waals surface area contributed by atoms with Crippen LogP contribution in [0.3, 0.4) is 0 Å². The Labute approximate surface area is 121 Å². The third-order valence-corrected chi connectivity index (χ3v) is 8.51. The minimum absolute atomic E-state index is 0.0184. The minimum atomic E-state index is -6.08. The molecule has 120 valence electrons. The van der Waals surface area contributed by atoms with E-state index < -0.39 is 35.0 Å². The summed E-state index contributed by atoms with van der Waals surface area (Å²) in [6.45, 7) is 3.55. The molecule has 1 saturated carbocycles. The van der Waals surface area contributed by atoms with E-state index in [-0.39, 0.29) is 18.8 Å². The molecule has 21 heavy (non-hydrogen) atoms. The van der Waals surface area contributed by atoms with Crippen LogP contribution in [0.1, 0.15) is 25.7 Å².